The van der Waals surface area contributed by atoms with Crippen molar-refractivity contribution in [1.29, 1.82) is 0 Å². The minimum absolute atomic E-state index is 0.00329. The van der Waals surface area contributed by atoms with Gasteiger partial charge >= 0.3 is 0 Å². The van der Waals surface area contributed by atoms with E-state index in [1.165, 1.54) is 4.68 Å². The van der Waals surface area contributed by atoms with Crippen molar-refractivity contribution < 1.29 is 19.4 Å². The Labute approximate surface area is 138 Å². The first-order chi connectivity index (χ1) is 11.7. The molecule has 1 aromatic heterocycles. The maximum Gasteiger partial charge on any atom is 0.276 e. The van der Waals surface area contributed by atoms with Crippen LogP contribution in [0.4, 0.5) is 0 Å². The van der Waals surface area contributed by atoms with Crippen LogP contribution >= 0.6 is 0 Å². The first-order valence-corrected chi connectivity index (χ1v) is 7.89. The summed E-state index contributed by atoms with van der Waals surface area (Å²) in [7, 11) is 0. The van der Waals surface area contributed by atoms with E-state index < -0.39 is 6.10 Å². The van der Waals surface area contributed by atoms with Crippen LogP contribution in [0.5, 0.6) is 5.75 Å². The summed E-state index contributed by atoms with van der Waals surface area (Å²) in [6.45, 7) is 1.69. The molecule has 2 aromatic rings. The second kappa shape index (κ2) is 6.21. The molecule has 2 atom stereocenters. The number of para-hydroxylation sites is 1. The normalized spacial score (nSPS) is 24.0. The minimum Gasteiger partial charge on any atom is -0.487 e. The van der Waals surface area contributed by atoms with Crippen LogP contribution in [0, 0.1) is 0 Å². The van der Waals surface area contributed by atoms with Crippen LogP contribution in [0.2, 0.25) is 0 Å². The molecule has 1 amide bonds. The number of aliphatic hydroxyl groups excluding tert-OH is 1. The average molecular weight is 330 g/mol. The van der Waals surface area contributed by atoms with Crippen molar-refractivity contribution >= 4 is 5.91 Å². The second-order valence-electron chi connectivity index (χ2n) is 6.02. The predicted octanol–water partition coefficient (Wildman–Crippen LogP) is 0.114. The van der Waals surface area contributed by atoms with Gasteiger partial charge in [0.2, 0.25) is 0 Å². The molecule has 2 fully saturated rings. The van der Waals surface area contributed by atoms with Gasteiger partial charge in [0.15, 0.2) is 5.69 Å². The lowest BCUT2D eigenvalue weighted by molar-refractivity contribution is 0.0173. The van der Waals surface area contributed by atoms with Crippen LogP contribution in [-0.4, -0.2) is 69.4 Å². The molecule has 8 nitrogen and oxygen atoms in total. The number of likely N-dealkylation sites (tertiary alicyclic amines) is 1. The summed E-state index contributed by atoms with van der Waals surface area (Å²) in [4.78, 5) is 14.1. The zero-order valence-corrected chi connectivity index (χ0v) is 13.0. The van der Waals surface area contributed by atoms with E-state index in [1.807, 2.05) is 30.3 Å². The van der Waals surface area contributed by atoms with Gasteiger partial charge in [0.05, 0.1) is 32.5 Å². The highest BCUT2D eigenvalue weighted by molar-refractivity contribution is 5.92. The number of ether oxygens (including phenoxy) is 2. The first kappa shape index (κ1) is 15.1. The van der Waals surface area contributed by atoms with E-state index >= 15 is 0 Å². The molecule has 1 N–H and O–H groups in total. The maximum atomic E-state index is 12.4. The molecule has 2 saturated heterocycles. The molecule has 4 rings (SSSR count). The van der Waals surface area contributed by atoms with Crippen molar-refractivity contribution in [3.05, 3.63) is 42.2 Å². The lowest BCUT2D eigenvalue weighted by atomic mass is 10.1. The van der Waals surface area contributed by atoms with Crippen LogP contribution < -0.4 is 4.74 Å². The molecule has 24 heavy (non-hydrogen) atoms. The number of aromatic nitrogens is 3. The van der Waals surface area contributed by atoms with Gasteiger partial charge < -0.3 is 19.5 Å². The molecule has 2 aliphatic heterocycles. The number of hydrogen-bond acceptors (Lipinski definition) is 6. The Kier molecular flexibility index (Phi) is 3.91. The molecular weight excluding hydrogens is 312 g/mol. The van der Waals surface area contributed by atoms with Crippen molar-refractivity contribution in [2.45, 2.75) is 18.2 Å². The van der Waals surface area contributed by atoms with Gasteiger partial charge in [-0.25, -0.2) is 4.68 Å². The summed E-state index contributed by atoms with van der Waals surface area (Å²) in [5.74, 6) is 0.623. The summed E-state index contributed by atoms with van der Waals surface area (Å²) in [6.07, 6.45) is 0.940. The molecule has 0 unspecified atom stereocenters. The fraction of sp³-hybridized carbons (Fsp3) is 0.438. The fourth-order valence-electron chi connectivity index (χ4n) is 2.85. The van der Waals surface area contributed by atoms with Crippen molar-refractivity contribution in [3.8, 4) is 5.75 Å². The minimum atomic E-state index is -0.623. The van der Waals surface area contributed by atoms with Gasteiger partial charge in [0.25, 0.3) is 5.91 Å². The topological polar surface area (TPSA) is 89.7 Å². The monoisotopic (exact) mass is 330 g/mol. The van der Waals surface area contributed by atoms with E-state index in [2.05, 4.69) is 10.3 Å². The molecule has 3 heterocycles. The molecule has 0 radical (unpaired) electrons. The van der Waals surface area contributed by atoms with E-state index in [9.17, 15) is 9.90 Å². The second-order valence-corrected chi connectivity index (χ2v) is 6.02. The smallest absolute Gasteiger partial charge is 0.276 e. The lowest BCUT2D eigenvalue weighted by Gasteiger charge is -2.38. The van der Waals surface area contributed by atoms with Crippen molar-refractivity contribution in [3.63, 3.8) is 0 Å². The number of amides is 1. The van der Waals surface area contributed by atoms with E-state index in [0.29, 0.717) is 19.7 Å². The zero-order valence-electron chi connectivity index (χ0n) is 13.0. The maximum absolute atomic E-state index is 12.4. The standard InChI is InChI=1S/C16H18N4O4/c21-15-10-23-9-14(15)20-8-13(17-18-20)16(22)19-6-12(7-19)24-11-4-2-1-3-5-11/h1-5,8,12,14-15,21H,6-7,9-10H2/t14-,15-/m1/s1. The van der Waals surface area contributed by atoms with Gasteiger partial charge in [-0.05, 0) is 12.1 Å². The molecule has 8 heteroatoms. The molecular formula is C16H18N4O4. The summed E-state index contributed by atoms with van der Waals surface area (Å²) in [6, 6.07) is 9.26. The Morgan fingerprint density at radius 2 is 2.04 bits per heavy atom. The highest BCUT2D eigenvalue weighted by atomic mass is 16.5. The Morgan fingerprint density at radius 1 is 1.25 bits per heavy atom. The third-order valence-electron chi connectivity index (χ3n) is 4.27. The summed E-state index contributed by atoms with van der Waals surface area (Å²) in [5.41, 5.74) is 0.271. The molecule has 0 aliphatic carbocycles. The summed E-state index contributed by atoms with van der Waals surface area (Å²) >= 11 is 0. The van der Waals surface area contributed by atoms with E-state index in [0.717, 1.165) is 5.75 Å². The Morgan fingerprint density at radius 3 is 2.75 bits per heavy atom. The average Bonchev–Trinajstić information content (AvgIpc) is 3.19. The van der Waals surface area contributed by atoms with Gasteiger partial charge in [-0.3, -0.25) is 4.79 Å². The molecule has 1 aromatic carbocycles. The molecule has 0 spiro atoms. The number of aliphatic hydroxyl groups is 1. The van der Waals surface area contributed by atoms with Crippen molar-refractivity contribution in [2.75, 3.05) is 26.3 Å². The third-order valence-corrected chi connectivity index (χ3v) is 4.27. The summed E-state index contributed by atoms with van der Waals surface area (Å²) < 4.78 is 12.5. The predicted molar refractivity (Wildman–Crippen MR) is 82.6 cm³/mol. The number of nitrogens with zero attached hydrogens (tertiary/aromatic N) is 4. The van der Waals surface area contributed by atoms with E-state index in [1.54, 1.807) is 11.1 Å². The Bertz CT molecular complexity index is 714. The van der Waals surface area contributed by atoms with Crippen LogP contribution in [0.25, 0.3) is 0 Å². The van der Waals surface area contributed by atoms with Crippen LogP contribution in [0.3, 0.4) is 0 Å². The molecule has 0 saturated carbocycles. The van der Waals surface area contributed by atoms with Crippen molar-refractivity contribution in [1.82, 2.24) is 19.9 Å². The fourth-order valence-corrected chi connectivity index (χ4v) is 2.85. The highest BCUT2D eigenvalue weighted by Gasteiger charge is 2.35. The molecule has 2 aliphatic rings. The number of rotatable bonds is 4. The molecule has 0 bridgehead atoms. The number of carbonyl (C=O) groups excluding carboxylic acids is 1. The SMILES string of the molecule is O=C(c1cn([C@@H]2COC[C@H]2O)nn1)N1CC(Oc2ccccc2)C1. The Balaban J connectivity index is 1.33. The number of carbonyl (C=O) groups is 1. The van der Waals surface area contributed by atoms with Crippen LogP contribution in [-0.2, 0) is 4.74 Å². The highest BCUT2D eigenvalue weighted by Crippen LogP contribution is 2.21. The first-order valence-electron chi connectivity index (χ1n) is 7.89. The van der Waals surface area contributed by atoms with Gasteiger partial charge in [0, 0.05) is 0 Å². The quantitative estimate of drug-likeness (QED) is 0.856. The van der Waals surface area contributed by atoms with E-state index in [4.69, 9.17) is 9.47 Å². The van der Waals surface area contributed by atoms with Gasteiger partial charge in [-0.1, -0.05) is 23.4 Å². The summed E-state index contributed by atoms with van der Waals surface area (Å²) in [5, 5.41) is 17.7. The van der Waals surface area contributed by atoms with Gasteiger partial charge in [-0.2, -0.15) is 0 Å². The number of benzene rings is 1. The van der Waals surface area contributed by atoms with Crippen molar-refractivity contribution in [2.24, 2.45) is 0 Å². The largest absolute Gasteiger partial charge is 0.487 e. The Hall–Kier alpha value is -2.45. The number of hydrogen-bond donors (Lipinski definition) is 1. The van der Waals surface area contributed by atoms with Gasteiger partial charge in [-0.15, -0.1) is 5.10 Å². The van der Waals surface area contributed by atoms with Gasteiger partial charge in [0.1, 0.15) is 24.0 Å². The van der Waals surface area contributed by atoms with Crippen LogP contribution in [0.1, 0.15) is 16.5 Å². The molecule has 126 valence electrons. The van der Waals surface area contributed by atoms with Crippen LogP contribution in [0.15, 0.2) is 36.5 Å². The van der Waals surface area contributed by atoms with E-state index in [-0.39, 0.29) is 30.4 Å². The third kappa shape index (κ3) is 2.85. The lowest BCUT2D eigenvalue weighted by Crippen LogP contribution is -2.56. The zero-order chi connectivity index (χ0) is 16.5.